The predicted molar refractivity (Wildman–Crippen MR) is 82.9 cm³/mol. The highest BCUT2D eigenvalue weighted by Crippen LogP contribution is 2.20. The molecule has 1 aliphatic rings. The maximum absolute atomic E-state index is 12.5. The van der Waals surface area contributed by atoms with Crippen molar-refractivity contribution in [2.75, 3.05) is 6.54 Å². The average molecular weight is 267 g/mol. The van der Waals surface area contributed by atoms with Gasteiger partial charge in [-0.15, -0.1) is 0 Å². The highest BCUT2D eigenvalue weighted by atomic mass is 16.1. The van der Waals surface area contributed by atoms with E-state index in [1.54, 1.807) is 0 Å². The quantitative estimate of drug-likeness (QED) is 0.922. The van der Waals surface area contributed by atoms with Gasteiger partial charge in [0.25, 0.3) is 0 Å². The standard InChI is InChI=1S/C18H21NO/c20-18(17-11-2-1-5-12-19-17)13-15-9-6-8-14-7-3-4-10-16(14)15/h3-4,6-10,17,19H,1-2,5,11-13H2. The van der Waals surface area contributed by atoms with Crippen LogP contribution in [0.15, 0.2) is 42.5 Å². The largest absolute Gasteiger partial charge is 0.307 e. The van der Waals surface area contributed by atoms with Gasteiger partial charge in [0.1, 0.15) is 0 Å². The van der Waals surface area contributed by atoms with E-state index >= 15 is 0 Å². The van der Waals surface area contributed by atoms with Crippen LogP contribution in [-0.2, 0) is 11.2 Å². The minimum Gasteiger partial charge on any atom is -0.307 e. The van der Waals surface area contributed by atoms with Crippen molar-refractivity contribution in [3.63, 3.8) is 0 Å². The van der Waals surface area contributed by atoms with Crippen molar-refractivity contribution in [1.82, 2.24) is 5.32 Å². The van der Waals surface area contributed by atoms with Crippen molar-refractivity contribution in [2.24, 2.45) is 0 Å². The number of hydrogen-bond donors (Lipinski definition) is 1. The summed E-state index contributed by atoms with van der Waals surface area (Å²) in [6, 6.07) is 14.6. The minimum atomic E-state index is 0.0523. The molecule has 0 aromatic heterocycles. The molecule has 0 amide bonds. The Morgan fingerprint density at radius 2 is 1.90 bits per heavy atom. The number of carbonyl (C=O) groups excluding carboxylic acids is 1. The lowest BCUT2D eigenvalue weighted by atomic mass is 9.96. The maximum atomic E-state index is 12.5. The second-order valence-corrected chi connectivity index (χ2v) is 5.64. The molecule has 0 radical (unpaired) electrons. The second kappa shape index (κ2) is 6.19. The summed E-state index contributed by atoms with van der Waals surface area (Å²) in [5.41, 5.74) is 1.15. The Hall–Kier alpha value is -1.67. The molecule has 2 aromatic rings. The molecule has 2 aromatic carbocycles. The van der Waals surface area contributed by atoms with Gasteiger partial charge in [0.15, 0.2) is 5.78 Å². The smallest absolute Gasteiger partial charge is 0.154 e. The average Bonchev–Trinajstić information content (AvgIpc) is 2.77. The lowest BCUT2D eigenvalue weighted by Gasteiger charge is -2.15. The van der Waals surface area contributed by atoms with Crippen LogP contribution in [0.5, 0.6) is 0 Å². The summed E-state index contributed by atoms with van der Waals surface area (Å²) < 4.78 is 0. The minimum absolute atomic E-state index is 0.0523. The summed E-state index contributed by atoms with van der Waals surface area (Å²) in [5.74, 6) is 0.336. The first kappa shape index (κ1) is 13.3. The van der Waals surface area contributed by atoms with Gasteiger partial charge < -0.3 is 5.32 Å². The van der Waals surface area contributed by atoms with Crippen molar-refractivity contribution < 1.29 is 4.79 Å². The third-order valence-electron chi connectivity index (χ3n) is 4.19. The van der Waals surface area contributed by atoms with Crippen molar-refractivity contribution in [3.05, 3.63) is 48.0 Å². The summed E-state index contributed by atoms with van der Waals surface area (Å²) in [6.07, 6.45) is 5.13. The molecule has 1 atom stereocenters. The fourth-order valence-electron chi connectivity index (χ4n) is 3.06. The Labute approximate surface area is 120 Å². The topological polar surface area (TPSA) is 29.1 Å². The number of rotatable bonds is 3. The van der Waals surface area contributed by atoms with Gasteiger partial charge in [-0.2, -0.15) is 0 Å². The number of carbonyl (C=O) groups is 1. The molecule has 1 unspecified atom stereocenters. The van der Waals surface area contributed by atoms with Gasteiger partial charge in [-0.1, -0.05) is 55.3 Å². The molecule has 1 N–H and O–H groups in total. The fourth-order valence-corrected chi connectivity index (χ4v) is 3.06. The van der Waals surface area contributed by atoms with Gasteiger partial charge in [0.2, 0.25) is 0 Å². The zero-order valence-electron chi connectivity index (χ0n) is 11.8. The molecule has 2 heteroatoms. The van der Waals surface area contributed by atoms with Gasteiger partial charge in [-0.05, 0) is 35.7 Å². The Kier molecular flexibility index (Phi) is 4.12. The maximum Gasteiger partial charge on any atom is 0.154 e. The van der Waals surface area contributed by atoms with Crippen molar-refractivity contribution >= 4 is 16.6 Å². The van der Waals surface area contributed by atoms with E-state index in [0.29, 0.717) is 12.2 Å². The second-order valence-electron chi connectivity index (χ2n) is 5.64. The number of hydrogen-bond acceptors (Lipinski definition) is 2. The van der Waals surface area contributed by atoms with Crippen LogP contribution in [0.3, 0.4) is 0 Å². The number of ketones is 1. The molecule has 0 bridgehead atoms. The monoisotopic (exact) mass is 267 g/mol. The van der Waals surface area contributed by atoms with Gasteiger partial charge in [-0.25, -0.2) is 0 Å². The van der Waals surface area contributed by atoms with Crippen LogP contribution in [0.1, 0.15) is 31.2 Å². The van der Waals surface area contributed by atoms with Gasteiger partial charge in [-0.3, -0.25) is 4.79 Å². The first-order chi connectivity index (χ1) is 9.84. The van der Waals surface area contributed by atoms with E-state index in [-0.39, 0.29) is 6.04 Å². The number of Topliss-reactive ketones (excluding diaryl/α,β-unsaturated/α-hetero) is 1. The summed E-state index contributed by atoms with van der Waals surface area (Å²) >= 11 is 0. The van der Waals surface area contributed by atoms with E-state index in [1.165, 1.54) is 30.0 Å². The normalized spacial score (nSPS) is 19.7. The lowest BCUT2D eigenvalue weighted by molar-refractivity contribution is -0.120. The van der Waals surface area contributed by atoms with E-state index in [0.717, 1.165) is 18.5 Å². The summed E-state index contributed by atoms with van der Waals surface area (Å²) in [7, 11) is 0. The Bertz CT molecular complexity index is 592. The molecular weight excluding hydrogens is 246 g/mol. The molecule has 0 aliphatic carbocycles. The highest BCUT2D eigenvalue weighted by Gasteiger charge is 2.20. The molecule has 1 heterocycles. The molecule has 0 spiro atoms. The molecule has 1 aliphatic heterocycles. The molecule has 0 saturated carbocycles. The van der Waals surface area contributed by atoms with E-state index in [1.807, 2.05) is 18.2 Å². The van der Waals surface area contributed by atoms with Crippen LogP contribution >= 0.6 is 0 Å². The van der Waals surface area contributed by atoms with E-state index in [9.17, 15) is 4.79 Å². The highest BCUT2D eigenvalue weighted by molar-refractivity contribution is 5.92. The van der Waals surface area contributed by atoms with E-state index in [4.69, 9.17) is 0 Å². The van der Waals surface area contributed by atoms with Gasteiger partial charge in [0, 0.05) is 6.42 Å². The van der Waals surface area contributed by atoms with Crippen LogP contribution in [0.2, 0.25) is 0 Å². The van der Waals surface area contributed by atoms with Crippen LogP contribution in [0, 0.1) is 0 Å². The molecular formula is C18H21NO. The van der Waals surface area contributed by atoms with Crippen molar-refractivity contribution in [1.29, 1.82) is 0 Å². The summed E-state index contributed by atoms with van der Waals surface area (Å²) in [5, 5.41) is 5.82. The Balaban J connectivity index is 1.80. The number of nitrogens with one attached hydrogen (secondary N) is 1. The lowest BCUT2D eigenvalue weighted by Crippen LogP contribution is -2.37. The van der Waals surface area contributed by atoms with Crippen LogP contribution in [0.25, 0.3) is 10.8 Å². The zero-order chi connectivity index (χ0) is 13.8. The Morgan fingerprint density at radius 1 is 1.05 bits per heavy atom. The molecule has 2 nitrogen and oxygen atoms in total. The predicted octanol–water partition coefficient (Wildman–Crippen LogP) is 3.48. The summed E-state index contributed by atoms with van der Waals surface area (Å²) in [4.78, 5) is 12.5. The first-order valence-electron chi connectivity index (χ1n) is 7.57. The molecule has 20 heavy (non-hydrogen) atoms. The number of fused-ring (bicyclic) bond motifs is 1. The Morgan fingerprint density at radius 3 is 2.85 bits per heavy atom. The SMILES string of the molecule is O=C(Cc1cccc2ccccc12)C1CCCCCN1. The number of benzene rings is 2. The molecule has 104 valence electrons. The van der Waals surface area contributed by atoms with Crippen LogP contribution in [0.4, 0.5) is 0 Å². The van der Waals surface area contributed by atoms with E-state index in [2.05, 4.69) is 29.6 Å². The third-order valence-corrected chi connectivity index (χ3v) is 4.19. The molecule has 1 saturated heterocycles. The summed E-state index contributed by atoms with van der Waals surface area (Å²) in [6.45, 7) is 0.978. The van der Waals surface area contributed by atoms with Crippen molar-refractivity contribution in [3.8, 4) is 0 Å². The van der Waals surface area contributed by atoms with Crippen LogP contribution in [-0.4, -0.2) is 18.4 Å². The zero-order valence-corrected chi connectivity index (χ0v) is 11.8. The van der Waals surface area contributed by atoms with Crippen molar-refractivity contribution in [2.45, 2.75) is 38.1 Å². The van der Waals surface area contributed by atoms with E-state index < -0.39 is 0 Å². The van der Waals surface area contributed by atoms with Gasteiger partial charge >= 0.3 is 0 Å². The molecule has 3 rings (SSSR count). The fraction of sp³-hybridized carbons (Fsp3) is 0.389. The van der Waals surface area contributed by atoms with Gasteiger partial charge in [0.05, 0.1) is 6.04 Å². The van der Waals surface area contributed by atoms with Crippen LogP contribution < -0.4 is 5.32 Å². The molecule has 1 fully saturated rings. The first-order valence-corrected chi connectivity index (χ1v) is 7.57. The third kappa shape index (κ3) is 2.91.